The minimum absolute atomic E-state index is 0.0265. The van der Waals surface area contributed by atoms with Gasteiger partial charge in [0.2, 0.25) is 0 Å². The molecule has 0 spiro atoms. The van der Waals surface area contributed by atoms with Gasteiger partial charge >= 0.3 is 6.09 Å². The van der Waals surface area contributed by atoms with Gasteiger partial charge < -0.3 is 9.84 Å². The number of nitrogens with zero attached hydrogens (tertiary/aromatic N) is 1. The van der Waals surface area contributed by atoms with Crippen LogP contribution in [0.4, 0.5) is 4.79 Å². The van der Waals surface area contributed by atoms with Crippen molar-refractivity contribution < 1.29 is 19.5 Å². The summed E-state index contributed by atoms with van der Waals surface area (Å²) in [7, 11) is 0. The van der Waals surface area contributed by atoms with E-state index in [9.17, 15) is 4.79 Å². The van der Waals surface area contributed by atoms with E-state index >= 15 is 0 Å². The standard InChI is InChI=1S/C6H11NO4/c8-3-5-10-6(9)7-2-1-4-11-7/h8H,1-5H2. The molecular weight excluding hydrogens is 150 g/mol. The zero-order chi connectivity index (χ0) is 8.10. The average molecular weight is 161 g/mol. The second kappa shape index (κ2) is 4.15. The number of ether oxygens (including phenoxy) is 1. The molecular formula is C6H11NO4. The molecule has 0 radical (unpaired) electrons. The van der Waals surface area contributed by atoms with Crippen LogP contribution in [0, 0.1) is 0 Å². The summed E-state index contributed by atoms with van der Waals surface area (Å²) in [6.07, 6.45) is 0.324. The second-order valence-corrected chi connectivity index (χ2v) is 2.13. The van der Waals surface area contributed by atoms with Crippen LogP contribution in [0.5, 0.6) is 0 Å². The fourth-order valence-corrected chi connectivity index (χ4v) is 0.796. The van der Waals surface area contributed by atoms with Crippen molar-refractivity contribution in [3.8, 4) is 0 Å². The highest BCUT2D eigenvalue weighted by atomic mass is 16.7. The average Bonchev–Trinajstić information content (AvgIpc) is 2.52. The van der Waals surface area contributed by atoms with E-state index in [1.54, 1.807) is 0 Å². The molecule has 1 saturated heterocycles. The molecule has 0 atom stereocenters. The number of hydroxylamine groups is 2. The first-order valence-corrected chi connectivity index (χ1v) is 3.52. The summed E-state index contributed by atoms with van der Waals surface area (Å²) in [5.41, 5.74) is 0. The van der Waals surface area contributed by atoms with Crippen molar-refractivity contribution in [3.63, 3.8) is 0 Å². The van der Waals surface area contributed by atoms with Gasteiger partial charge in [-0.05, 0) is 6.42 Å². The summed E-state index contributed by atoms with van der Waals surface area (Å²) >= 11 is 0. The van der Waals surface area contributed by atoms with Gasteiger partial charge in [0, 0.05) is 0 Å². The summed E-state index contributed by atoms with van der Waals surface area (Å²) in [5.74, 6) is 0. The molecule has 64 valence electrons. The van der Waals surface area contributed by atoms with Gasteiger partial charge in [-0.3, -0.25) is 4.84 Å². The molecule has 1 fully saturated rings. The summed E-state index contributed by atoms with van der Waals surface area (Å²) in [4.78, 5) is 15.8. The van der Waals surface area contributed by atoms with E-state index in [-0.39, 0.29) is 13.2 Å². The van der Waals surface area contributed by atoms with Gasteiger partial charge in [0.1, 0.15) is 6.61 Å². The third-order valence-corrected chi connectivity index (χ3v) is 1.27. The van der Waals surface area contributed by atoms with Gasteiger partial charge in [-0.15, -0.1) is 0 Å². The van der Waals surface area contributed by atoms with Gasteiger partial charge in [-0.25, -0.2) is 4.79 Å². The Hall–Kier alpha value is -0.810. The minimum atomic E-state index is -0.517. The van der Waals surface area contributed by atoms with E-state index in [1.807, 2.05) is 0 Å². The van der Waals surface area contributed by atoms with Crippen molar-refractivity contribution >= 4 is 6.09 Å². The maximum Gasteiger partial charge on any atom is 0.434 e. The lowest BCUT2D eigenvalue weighted by molar-refractivity contribution is -0.0927. The van der Waals surface area contributed by atoms with Crippen LogP contribution in [0.1, 0.15) is 6.42 Å². The molecule has 1 rings (SSSR count). The van der Waals surface area contributed by atoms with Gasteiger partial charge in [0.25, 0.3) is 0 Å². The molecule has 0 bridgehead atoms. The van der Waals surface area contributed by atoms with Gasteiger partial charge in [-0.1, -0.05) is 0 Å². The highest BCUT2D eigenvalue weighted by molar-refractivity contribution is 5.66. The van der Waals surface area contributed by atoms with Crippen LogP contribution in [0.3, 0.4) is 0 Å². The summed E-state index contributed by atoms with van der Waals surface area (Å²) < 4.78 is 4.59. The first kappa shape index (κ1) is 8.29. The largest absolute Gasteiger partial charge is 0.445 e. The van der Waals surface area contributed by atoms with Crippen molar-refractivity contribution in [2.24, 2.45) is 0 Å². The Kier molecular flexibility index (Phi) is 3.13. The highest BCUT2D eigenvalue weighted by Gasteiger charge is 2.19. The normalized spacial score (nSPS) is 17.0. The van der Waals surface area contributed by atoms with E-state index in [0.29, 0.717) is 13.2 Å². The summed E-state index contributed by atoms with van der Waals surface area (Å²) in [6.45, 7) is 1.01. The van der Waals surface area contributed by atoms with Crippen LogP contribution in [-0.4, -0.2) is 42.6 Å². The molecule has 1 aliphatic heterocycles. The van der Waals surface area contributed by atoms with Crippen LogP contribution in [0.15, 0.2) is 0 Å². The Morgan fingerprint density at radius 1 is 1.73 bits per heavy atom. The molecule has 0 aromatic carbocycles. The fraction of sp³-hybridized carbons (Fsp3) is 0.833. The molecule has 0 unspecified atom stereocenters. The molecule has 0 aliphatic carbocycles. The van der Waals surface area contributed by atoms with E-state index in [0.717, 1.165) is 11.5 Å². The summed E-state index contributed by atoms with van der Waals surface area (Å²) in [5, 5.41) is 9.48. The van der Waals surface area contributed by atoms with Crippen molar-refractivity contribution in [1.29, 1.82) is 0 Å². The van der Waals surface area contributed by atoms with E-state index in [1.165, 1.54) is 0 Å². The van der Waals surface area contributed by atoms with E-state index < -0.39 is 6.09 Å². The molecule has 0 aromatic heterocycles. The van der Waals surface area contributed by atoms with Crippen molar-refractivity contribution in [1.82, 2.24) is 5.06 Å². The first-order chi connectivity index (χ1) is 5.34. The Labute approximate surface area is 64.5 Å². The van der Waals surface area contributed by atoms with Crippen molar-refractivity contribution in [3.05, 3.63) is 0 Å². The van der Waals surface area contributed by atoms with Crippen LogP contribution in [-0.2, 0) is 9.57 Å². The monoisotopic (exact) mass is 161 g/mol. The molecule has 5 nitrogen and oxygen atoms in total. The zero-order valence-corrected chi connectivity index (χ0v) is 6.15. The number of aliphatic hydroxyl groups is 1. The molecule has 1 amide bonds. The lowest BCUT2D eigenvalue weighted by atomic mass is 10.5. The third kappa shape index (κ3) is 2.36. The molecule has 0 saturated carbocycles. The molecule has 0 aromatic rings. The van der Waals surface area contributed by atoms with Crippen LogP contribution in [0.25, 0.3) is 0 Å². The van der Waals surface area contributed by atoms with Crippen molar-refractivity contribution in [2.75, 3.05) is 26.4 Å². The fourth-order valence-electron chi connectivity index (χ4n) is 0.796. The van der Waals surface area contributed by atoms with E-state index in [2.05, 4.69) is 4.74 Å². The summed E-state index contributed by atoms with van der Waals surface area (Å²) in [6, 6.07) is 0. The van der Waals surface area contributed by atoms with Crippen LogP contribution in [0.2, 0.25) is 0 Å². The van der Waals surface area contributed by atoms with Gasteiger partial charge in [-0.2, -0.15) is 5.06 Å². The Morgan fingerprint density at radius 2 is 2.55 bits per heavy atom. The third-order valence-electron chi connectivity index (χ3n) is 1.27. The topological polar surface area (TPSA) is 59.0 Å². The predicted molar refractivity (Wildman–Crippen MR) is 35.7 cm³/mol. The number of amides is 1. The zero-order valence-electron chi connectivity index (χ0n) is 6.15. The molecule has 1 heterocycles. The number of hydrogen-bond donors (Lipinski definition) is 1. The maximum atomic E-state index is 10.9. The van der Waals surface area contributed by atoms with Crippen molar-refractivity contribution in [2.45, 2.75) is 6.42 Å². The lowest BCUT2D eigenvalue weighted by Crippen LogP contribution is -2.28. The minimum Gasteiger partial charge on any atom is -0.445 e. The smallest absolute Gasteiger partial charge is 0.434 e. The second-order valence-electron chi connectivity index (χ2n) is 2.13. The molecule has 1 aliphatic rings. The SMILES string of the molecule is O=C(OCCO)N1CCCO1. The number of carbonyl (C=O) groups is 1. The number of aliphatic hydroxyl groups excluding tert-OH is 1. The van der Waals surface area contributed by atoms with Crippen LogP contribution < -0.4 is 0 Å². The number of carbonyl (C=O) groups excluding carboxylic acids is 1. The molecule has 1 N–H and O–H groups in total. The maximum absolute atomic E-state index is 10.9. The quantitative estimate of drug-likeness (QED) is 0.606. The highest BCUT2D eigenvalue weighted by Crippen LogP contribution is 2.05. The number of hydrogen-bond acceptors (Lipinski definition) is 4. The molecule has 5 heteroatoms. The Balaban J connectivity index is 2.17. The Bertz CT molecular complexity index is 133. The molecule has 11 heavy (non-hydrogen) atoms. The first-order valence-electron chi connectivity index (χ1n) is 3.52. The van der Waals surface area contributed by atoms with E-state index in [4.69, 9.17) is 9.94 Å². The number of rotatable bonds is 2. The Morgan fingerprint density at radius 3 is 3.09 bits per heavy atom. The van der Waals surface area contributed by atoms with Gasteiger partial charge in [0.15, 0.2) is 0 Å². The van der Waals surface area contributed by atoms with Crippen LogP contribution >= 0.6 is 0 Å². The predicted octanol–water partition coefficient (Wildman–Crippen LogP) is -0.247. The lowest BCUT2D eigenvalue weighted by Gasteiger charge is -2.12. The van der Waals surface area contributed by atoms with Gasteiger partial charge in [0.05, 0.1) is 19.8 Å².